The van der Waals surface area contributed by atoms with Crippen molar-refractivity contribution < 1.29 is 14.7 Å². The minimum absolute atomic E-state index is 0.0592. The third-order valence-electron chi connectivity index (χ3n) is 7.16. The maximum atomic E-state index is 13.7. The molecule has 2 aliphatic rings. The number of aliphatic imine (C=N–C) groups is 1. The zero-order valence-electron chi connectivity index (χ0n) is 23.2. The highest BCUT2D eigenvalue weighted by molar-refractivity contribution is 8.18. The van der Waals surface area contributed by atoms with Gasteiger partial charge in [0.2, 0.25) is 0 Å². The Balaban J connectivity index is 1.49. The summed E-state index contributed by atoms with van der Waals surface area (Å²) in [7, 11) is 0. The lowest BCUT2D eigenvalue weighted by atomic mass is 9.88. The first-order chi connectivity index (χ1) is 19.2. The van der Waals surface area contributed by atoms with E-state index in [0.717, 1.165) is 29.8 Å². The van der Waals surface area contributed by atoms with Crippen molar-refractivity contribution in [3.63, 3.8) is 0 Å². The molecule has 0 spiro atoms. The summed E-state index contributed by atoms with van der Waals surface area (Å²) < 4.78 is 0. The molecule has 1 fully saturated rings. The van der Waals surface area contributed by atoms with Crippen LogP contribution in [0.15, 0.2) is 88.8 Å². The molecule has 1 N–H and O–H groups in total. The SMILES string of the molecule is CCCN1c2ccc(/C=C3/SC(=Nc4ccccc4)N(Cc4ccc(C(=O)O)cc4)C3=O)cc2C(C)=CC1(C)C. The van der Waals surface area contributed by atoms with Crippen LogP contribution >= 0.6 is 11.8 Å². The van der Waals surface area contributed by atoms with Gasteiger partial charge in [-0.25, -0.2) is 9.79 Å². The van der Waals surface area contributed by atoms with E-state index < -0.39 is 5.97 Å². The molecule has 1 amide bonds. The minimum Gasteiger partial charge on any atom is -0.478 e. The molecule has 1 saturated heterocycles. The highest BCUT2D eigenvalue weighted by Gasteiger charge is 2.34. The number of carboxylic acids is 1. The van der Waals surface area contributed by atoms with Crippen LogP contribution in [-0.4, -0.2) is 39.1 Å². The monoisotopic (exact) mass is 551 g/mol. The molecule has 7 heteroatoms. The molecule has 0 saturated carbocycles. The van der Waals surface area contributed by atoms with Gasteiger partial charge in [-0.2, -0.15) is 0 Å². The van der Waals surface area contributed by atoms with Gasteiger partial charge in [0.1, 0.15) is 0 Å². The average Bonchev–Trinajstić information content (AvgIpc) is 3.20. The number of rotatable bonds is 7. The van der Waals surface area contributed by atoms with E-state index in [1.54, 1.807) is 29.2 Å². The van der Waals surface area contributed by atoms with Crippen LogP contribution in [0.2, 0.25) is 0 Å². The van der Waals surface area contributed by atoms with Crippen LogP contribution in [0.5, 0.6) is 0 Å². The van der Waals surface area contributed by atoms with Crippen molar-refractivity contribution in [3.05, 3.63) is 106 Å². The predicted octanol–water partition coefficient (Wildman–Crippen LogP) is 7.60. The number of para-hydroxylation sites is 1. The molecule has 0 aromatic heterocycles. The summed E-state index contributed by atoms with van der Waals surface area (Å²) >= 11 is 1.36. The van der Waals surface area contributed by atoms with Crippen molar-refractivity contribution in [1.82, 2.24) is 4.90 Å². The number of thioether (sulfide) groups is 1. The van der Waals surface area contributed by atoms with Gasteiger partial charge in [0.25, 0.3) is 5.91 Å². The quantitative estimate of drug-likeness (QED) is 0.306. The van der Waals surface area contributed by atoms with Crippen LogP contribution in [0.1, 0.15) is 61.2 Å². The minimum atomic E-state index is -0.979. The van der Waals surface area contributed by atoms with Gasteiger partial charge in [-0.1, -0.05) is 49.4 Å². The Hall–Kier alpha value is -4.10. The number of hydrogen-bond acceptors (Lipinski definition) is 5. The van der Waals surface area contributed by atoms with E-state index in [4.69, 9.17) is 4.99 Å². The Morgan fingerprint density at radius 3 is 2.45 bits per heavy atom. The van der Waals surface area contributed by atoms with Crippen LogP contribution in [0.25, 0.3) is 11.6 Å². The van der Waals surface area contributed by atoms with Crippen LogP contribution in [0.4, 0.5) is 11.4 Å². The van der Waals surface area contributed by atoms with Gasteiger partial charge in [0.05, 0.1) is 28.2 Å². The number of fused-ring (bicyclic) bond motifs is 1. The van der Waals surface area contributed by atoms with E-state index in [1.807, 2.05) is 36.4 Å². The summed E-state index contributed by atoms with van der Waals surface area (Å²) in [6, 6.07) is 22.6. The summed E-state index contributed by atoms with van der Waals surface area (Å²) in [5.41, 5.74) is 6.34. The fourth-order valence-electron chi connectivity index (χ4n) is 5.25. The van der Waals surface area contributed by atoms with Gasteiger partial charge in [-0.15, -0.1) is 0 Å². The second kappa shape index (κ2) is 11.2. The van der Waals surface area contributed by atoms with Crippen molar-refractivity contribution >= 4 is 51.8 Å². The van der Waals surface area contributed by atoms with Gasteiger partial charge >= 0.3 is 5.97 Å². The van der Waals surface area contributed by atoms with E-state index in [-0.39, 0.29) is 17.0 Å². The van der Waals surface area contributed by atoms with Gasteiger partial charge in [0.15, 0.2) is 5.17 Å². The maximum Gasteiger partial charge on any atom is 0.335 e. The smallest absolute Gasteiger partial charge is 0.335 e. The number of amidine groups is 1. The Kier molecular flexibility index (Phi) is 7.68. The highest BCUT2D eigenvalue weighted by atomic mass is 32.2. The summed E-state index contributed by atoms with van der Waals surface area (Å²) in [5, 5.41) is 9.83. The molecular formula is C33H33N3O3S. The molecule has 0 radical (unpaired) electrons. The maximum absolute atomic E-state index is 13.7. The Morgan fingerprint density at radius 1 is 1.05 bits per heavy atom. The first-order valence-electron chi connectivity index (χ1n) is 13.4. The number of amides is 1. The molecule has 0 atom stereocenters. The fourth-order valence-corrected chi connectivity index (χ4v) is 6.25. The summed E-state index contributed by atoms with van der Waals surface area (Å²) in [6.45, 7) is 10.1. The number of anilines is 1. The molecule has 0 unspecified atom stereocenters. The predicted molar refractivity (Wildman–Crippen MR) is 165 cm³/mol. The number of nitrogens with zero attached hydrogens (tertiary/aromatic N) is 3. The number of carboxylic acid groups (broad SMARTS) is 1. The second-order valence-electron chi connectivity index (χ2n) is 10.6. The van der Waals surface area contributed by atoms with Crippen molar-refractivity contribution in [2.75, 3.05) is 11.4 Å². The van der Waals surface area contributed by atoms with E-state index >= 15 is 0 Å². The molecule has 2 heterocycles. The Bertz CT molecular complexity index is 1540. The molecule has 0 bridgehead atoms. The van der Waals surface area contributed by atoms with Gasteiger partial charge < -0.3 is 10.0 Å². The van der Waals surface area contributed by atoms with E-state index in [9.17, 15) is 14.7 Å². The van der Waals surface area contributed by atoms with Crippen LogP contribution in [0, 0.1) is 0 Å². The van der Waals surface area contributed by atoms with Gasteiger partial charge in [-0.05, 0) is 98.1 Å². The number of carbonyl (C=O) groups excluding carboxylic acids is 1. The lowest BCUT2D eigenvalue weighted by Crippen LogP contribution is -2.45. The first-order valence-corrected chi connectivity index (χ1v) is 14.3. The number of allylic oxidation sites excluding steroid dienone is 1. The van der Waals surface area contributed by atoms with E-state index in [0.29, 0.717) is 16.6 Å². The zero-order valence-corrected chi connectivity index (χ0v) is 24.0. The number of carbonyl (C=O) groups is 2. The van der Waals surface area contributed by atoms with Crippen LogP contribution in [0.3, 0.4) is 0 Å². The Labute approximate surface area is 239 Å². The fraction of sp³-hybridized carbons (Fsp3) is 0.242. The van der Waals surface area contributed by atoms with Crippen molar-refractivity contribution in [2.24, 2.45) is 4.99 Å². The second-order valence-corrected chi connectivity index (χ2v) is 11.7. The third-order valence-corrected chi connectivity index (χ3v) is 8.16. The standard InChI is InChI=1S/C33H33N3O3S/c1-5-17-36-28-16-13-24(18-27(28)22(2)20-33(36,3)4)19-29-30(37)35(21-23-11-14-25(15-12-23)31(38)39)32(40-29)34-26-9-7-6-8-10-26/h6-16,18-20H,5,17,21H2,1-4H3,(H,38,39)/b29-19+,34-32?. The highest BCUT2D eigenvalue weighted by Crippen LogP contribution is 2.41. The van der Waals surface area contributed by atoms with Crippen LogP contribution < -0.4 is 4.90 Å². The van der Waals surface area contributed by atoms with E-state index in [1.165, 1.54) is 28.6 Å². The molecule has 6 nitrogen and oxygen atoms in total. The number of aromatic carboxylic acids is 1. The van der Waals surface area contributed by atoms with Crippen molar-refractivity contribution in [2.45, 2.75) is 46.2 Å². The van der Waals surface area contributed by atoms with Crippen molar-refractivity contribution in [3.8, 4) is 0 Å². The van der Waals surface area contributed by atoms with Gasteiger partial charge in [0, 0.05) is 17.8 Å². The summed E-state index contributed by atoms with van der Waals surface area (Å²) in [4.78, 5) is 34.5. The molecule has 5 rings (SSSR count). The van der Waals surface area contributed by atoms with Gasteiger partial charge in [-0.3, -0.25) is 9.69 Å². The molecule has 40 heavy (non-hydrogen) atoms. The molecule has 3 aromatic rings. The largest absolute Gasteiger partial charge is 0.478 e. The zero-order chi connectivity index (χ0) is 28.4. The van der Waals surface area contributed by atoms with Crippen LogP contribution in [-0.2, 0) is 11.3 Å². The normalized spacial score (nSPS) is 18.3. The Morgan fingerprint density at radius 2 is 1.77 bits per heavy atom. The molecule has 2 aliphatic heterocycles. The van der Waals surface area contributed by atoms with Crippen molar-refractivity contribution in [1.29, 1.82) is 0 Å². The molecular weight excluding hydrogens is 518 g/mol. The average molecular weight is 552 g/mol. The third kappa shape index (κ3) is 5.61. The lowest BCUT2D eigenvalue weighted by Gasteiger charge is -2.43. The summed E-state index contributed by atoms with van der Waals surface area (Å²) in [5.74, 6) is -1.10. The lowest BCUT2D eigenvalue weighted by molar-refractivity contribution is -0.122. The first kappa shape index (κ1) is 27.5. The summed E-state index contributed by atoms with van der Waals surface area (Å²) in [6.07, 6.45) is 5.32. The van der Waals surface area contributed by atoms with E-state index in [2.05, 4.69) is 56.9 Å². The molecule has 204 valence electrons. The number of benzene rings is 3. The topological polar surface area (TPSA) is 73.2 Å². The number of hydrogen-bond donors (Lipinski definition) is 1. The molecule has 3 aromatic carbocycles. The molecule has 0 aliphatic carbocycles.